The lowest BCUT2D eigenvalue weighted by atomic mass is 9.83. The van der Waals surface area contributed by atoms with Gasteiger partial charge in [0.05, 0.1) is 23.0 Å². The fourth-order valence-corrected chi connectivity index (χ4v) is 4.93. The van der Waals surface area contributed by atoms with Gasteiger partial charge in [-0.2, -0.15) is 0 Å². The van der Waals surface area contributed by atoms with Crippen molar-refractivity contribution in [1.29, 1.82) is 0 Å². The zero-order valence-electron chi connectivity index (χ0n) is 16.0. The number of benzene rings is 2. The lowest BCUT2D eigenvalue weighted by Crippen LogP contribution is -2.23. The molecule has 3 rings (SSSR count). The highest BCUT2D eigenvalue weighted by Crippen LogP contribution is 2.30. The van der Waals surface area contributed by atoms with Gasteiger partial charge in [0.15, 0.2) is 0 Å². The maximum atomic E-state index is 11.3. The van der Waals surface area contributed by atoms with Crippen LogP contribution in [0.15, 0.2) is 58.3 Å². The van der Waals surface area contributed by atoms with E-state index in [1.807, 2.05) is 0 Å². The maximum Gasteiger partial charge on any atom is 0.261 e. The van der Waals surface area contributed by atoms with Crippen molar-refractivity contribution in [3.05, 3.63) is 48.5 Å². The number of rotatable bonds is 8. The summed E-state index contributed by atoms with van der Waals surface area (Å²) >= 11 is 0. The summed E-state index contributed by atoms with van der Waals surface area (Å²) in [7, 11) is 3.16. The monoisotopic (exact) mass is 492 g/mol. The van der Waals surface area contributed by atoms with Crippen LogP contribution in [0, 0.1) is 11.8 Å². The normalized spacial score (nSPS) is 19.9. The molecule has 0 aromatic heterocycles. The van der Waals surface area contributed by atoms with Gasteiger partial charge < -0.3 is 9.47 Å². The summed E-state index contributed by atoms with van der Waals surface area (Å²) in [6.45, 7) is 1.16. The molecule has 30 heavy (non-hydrogen) atoms. The quantitative estimate of drug-likeness (QED) is 0.491. The summed E-state index contributed by atoms with van der Waals surface area (Å²) in [5.74, 6) is 2.11. The molecule has 0 bridgehead atoms. The molecule has 6 nitrogen and oxygen atoms in total. The Morgan fingerprint density at radius 2 is 0.933 bits per heavy atom. The standard InChI is InChI=1S/C20H22Cl2O6S2/c21-29(23,24)19-9-5-17(6-10-19)27-13-15-1-2-16(4-3-15)14-28-18-7-11-20(12-8-18)30(22,25)26/h5-12,15-16H,1-4,13-14H2. The molecular weight excluding hydrogens is 471 g/mol. The Labute approximate surface area is 185 Å². The average Bonchev–Trinajstić information content (AvgIpc) is 2.71. The van der Waals surface area contributed by atoms with Crippen molar-refractivity contribution in [3.63, 3.8) is 0 Å². The van der Waals surface area contributed by atoms with Gasteiger partial charge in [-0.3, -0.25) is 0 Å². The van der Waals surface area contributed by atoms with E-state index >= 15 is 0 Å². The minimum Gasteiger partial charge on any atom is -0.493 e. The molecule has 0 unspecified atom stereocenters. The SMILES string of the molecule is O=S(=O)(Cl)c1ccc(OCC2CCC(COc3ccc(S(=O)(=O)Cl)cc3)CC2)cc1. The van der Waals surface area contributed by atoms with Crippen molar-refractivity contribution in [2.75, 3.05) is 13.2 Å². The van der Waals surface area contributed by atoms with Crippen LogP contribution in [0.5, 0.6) is 11.5 Å². The number of hydrogen-bond acceptors (Lipinski definition) is 6. The van der Waals surface area contributed by atoms with Crippen LogP contribution in [-0.2, 0) is 18.1 Å². The lowest BCUT2D eigenvalue weighted by Gasteiger charge is -2.28. The van der Waals surface area contributed by atoms with Crippen molar-refractivity contribution >= 4 is 39.5 Å². The Morgan fingerprint density at radius 1 is 0.633 bits per heavy atom. The number of halogens is 2. The van der Waals surface area contributed by atoms with Crippen molar-refractivity contribution in [1.82, 2.24) is 0 Å². The second-order valence-electron chi connectivity index (χ2n) is 7.33. The first-order valence-electron chi connectivity index (χ1n) is 9.46. The molecule has 0 N–H and O–H groups in total. The molecular formula is C20H22Cl2O6S2. The molecule has 10 heteroatoms. The Balaban J connectivity index is 1.39. The third kappa shape index (κ3) is 6.77. The van der Waals surface area contributed by atoms with Crippen LogP contribution in [0.1, 0.15) is 25.7 Å². The van der Waals surface area contributed by atoms with Gasteiger partial charge in [0, 0.05) is 21.4 Å². The molecule has 2 aromatic rings. The van der Waals surface area contributed by atoms with Gasteiger partial charge >= 0.3 is 0 Å². The molecule has 2 aromatic carbocycles. The van der Waals surface area contributed by atoms with Crippen molar-refractivity contribution < 1.29 is 26.3 Å². The van der Waals surface area contributed by atoms with Crippen LogP contribution in [-0.4, -0.2) is 30.0 Å². The first kappa shape index (κ1) is 23.2. The molecule has 0 amide bonds. The van der Waals surface area contributed by atoms with Gasteiger partial charge in [-0.25, -0.2) is 16.8 Å². The zero-order valence-corrected chi connectivity index (χ0v) is 19.2. The summed E-state index contributed by atoms with van der Waals surface area (Å²) in [6, 6.07) is 12.2. The van der Waals surface area contributed by atoms with E-state index in [-0.39, 0.29) is 9.79 Å². The van der Waals surface area contributed by atoms with Crippen molar-refractivity contribution in [3.8, 4) is 11.5 Å². The highest BCUT2D eigenvalue weighted by atomic mass is 35.7. The van der Waals surface area contributed by atoms with E-state index in [9.17, 15) is 16.8 Å². The van der Waals surface area contributed by atoms with Gasteiger partial charge in [-0.15, -0.1) is 0 Å². The van der Waals surface area contributed by atoms with Gasteiger partial charge in [0.25, 0.3) is 18.1 Å². The molecule has 164 valence electrons. The predicted octanol–water partition coefficient (Wildman–Crippen LogP) is 4.81. The summed E-state index contributed by atoms with van der Waals surface area (Å²) < 4.78 is 56.6. The van der Waals surface area contributed by atoms with Crippen LogP contribution in [0.3, 0.4) is 0 Å². The van der Waals surface area contributed by atoms with E-state index in [1.54, 1.807) is 24.3 Å². The van der Waals surface area contributed by atoms with E-state index in [4.69, 9.17) is 30.8 Å². The summed E-state index contributed by atoms with van der Waals surface area (Å²) in [6.07, 6.45) is 4.08. The van der Waals surface area contributed by atoms with E-state index in [2.05, 4.69) is 0 Å². The van der Waals surface area contributed by atoms with Gasteiger partial charge in [0.1, 0.15) is 11.5 Å². The van der Waals surface area contributed by atoms with Crippen LogP contribution in [0.4, 0.5) is 0 Å². The van der Waals surface area contributed by atoms with E-state index in [0.717, 1.165) is 25.7 Å². The second kappa shape index (κ2) is 9.77. The molecule has 1 saturated carbocycles. The fourth-order valence-electron chi connectivity index (χ4n) is 3.39. The molecule has 0 aliphatic heterocycles. The van der Waals surface area contributed by atoms with E-state index < -0.39 is 18.1 Å². The van der Waals surface area contributed by atoms with Crippen LogP contribution in [0.2, 0.25) is 0 Å². The van der Waals surface area contributed by atoms with Crippen molar-refractivity contribution in [2.45, 2.75) is 35.5 Å². The van der Waals surface area contributed by atoms with E-state index in [1.165, 1.54) is 24.3 Å². The number of ether oxygens (including phenoxy) is 2. The predicted molar refractivity (Wildman–Crippen MR) is 115 cm³/mol. The van der Waals surface area contributed by atoms with Crippen LogP contribution < -0.4 is 9.47 Å². The Kier molecular flexibility index (Phi) is 7.55. The van der Waals surface area contributed by atoms with Crippen LogP contribution >= 0.6 is 21.4 Å². The average molecular weight is 493 g/mol. The summed E-state index contributed by atoms with van der Waals surface area (Å²) in [5.41, 5.74) is 0. The minimum absolute atomic E-state index is 0.0518. The molecule has 0 atom stereocenters. The molecule has 0 radical (unpaired) electrons. The second-order valence-corrected chi connectivity index (χ2v) is 12.5. The third-order valence-corrected chi connectivity index (χ3v) is 7.89. The number of hydrogen-bond donors (Lipinski definition) is 0. The highest BCUT2D eigenvalue weighted by Gasteiger charge is 2.22. The maximum absolute atomic E-state index is 11.3. The molecule has 0 heterocycles. The Bertz CT molecular complexity index is 956. The molecule has 0 spiro atoms. The Morgan fingerprint density at radius 3 is 1.20 bits per heavy atom. The highest BCUT2D eigenvalue weighted by molar-refractivity contribution is 8.14. The van der Waals surface area contributed by atoms with E-state index in [0.29, 0.717) is 36.5 Å². The topological polar surface area (TPSA) is 86.7 Å². The minimum atomic E-state index is -3.72. The first-order valence-corrected chi connectivity index (χ1v) is 14.1. The largest absolute Gasteiger partial charge is 0.493 e. The van der Waals surface area contributed by atoms with Gasteiger partial charge in [-0.1, -0.05) is 0 Å². The Hall–Kier alpha value is -1.48. The summed E-state index contributed by atoms with van der Waals surface area (Å²) in [4.78, 5) is 0.104. The first-order chi connectivity index (χ1) is 14.1. The zero-order chi connectivity index (χ0) is 21.8. The van der Waals surface area contributed by atoms with Gasteiger partial charge in [0.2, 0.25) is 0 Å². The molecule has 1 aliphatic carbocycles. The van der Waals surface area contributed by atoms with Crippen molar-refractivity contribution in [2.24, 2.45) is 11.8 Å². The fraction of sp³-hybridized carbons (Fsp3) is 0.400. The lowest BCUT2D eigenvalue weighted by molar-refractivity contribution is 0.148. The summed E-state index contributed by atoms with van der Waals surface area (Å²) in [5, 5.41) is 0. The smallest absolute Gasteiger partial charge is 0.261 e. The van der Waals surface area contributed by atoms with Crippen LogP contribution in [0.25, 0.3) is 0 Å². The molecule has 1 aliphatic rings. The van der Waals surface area contributed by atoms with Gasteiger partial charge in [-0.05, 0) is 86.1 Å². The molecule has 1 fully saturated rings. The third-order valence-electron chi connectivity index (χ3n) is 5.15. The molecule has 0 saturated heterocycles.